The molecule has 1 amide bonds. The second-order valence-corrected chi connectivity index (χ2v) is 4.84. The standard InChI is InChI=1S/C15H18N2O2/c1-17(11-13-5-6-13)15(19)14-8-7-12(10-16-14)4-2-3-9-18/h7-8,10,13,18H,3,5-6,9,11H2,1H3. The van der Waals surface area contributed by atoms with Crippen molar-refractivity contribution in [3.05, 3.63) is 29.6 Å². The molecular weight excluding hydrogens is 240 g/mol. The number of nitrogens with zero attached hydrogens (tertiary/aromatic N) is 2. The molecule has 1 N–H and O–H groups in total. The third-order valence-corrected chi connectivity index (χ3v) is 3.03. The Morgan fingerprint density at radius 3 is 2.89 bits per heavy atom. The number of amides is 1. The van der Waals surface area contributed by atoms with Gasteiger partial charge in [-0.1, -0.05) is 11.8 Å². The number of aromatic nitrogens is 1. The molecule has 100 valence electrons. The minimum Gasteiger partial charge on any atom is -0.395 e. The Balaban J connectivity index is 1.97. The van der Waals surface area contributed by atoms with Gasteiger partial charge in [0.15, 0.2) is 0 Å². The van der Waals surface area contributed by atoms with Gasteiger partial charge in [-0.25, -0.2) is 4.98 Å². The first-order valence-corrected chi connectivity index (χ1v) is 6.52. The Kier molecular flexibility index (Phi) is 4.53. The van der Waals surface area contributed by atoms with Crippen molar-refractivity contribution in [2.45, 2.75) is 19.3 Å². The summed E-state index contributed by atoms with van der Waals surface area (Å²) in [6, 6.07) is 3.49. The van der Waals surface area contributed by atoms with Crippen LogP contribution in [0.3, 0.4) is 0 Å². The summed E-state index contributed by atoms with van der Waals surface area (Å²) in [7, 11) is 1.82. The molecule has 0 aromatic carbocycles. The van der Waals surface area contributed by atoms with Gasteiger partial charge in [-0.15, -0.1) is 0 Å². The van der Waals surface area contributed by atoms with E-state index >= 15 is 0 Å². The Hall–Kier alpha value is -1.86. The van der Waals surface area contributed by atoms with E-state index in [4.69, 9.17) is 5.11 Å². The lowest BCUT2D eigenvalue weighted by molar-refractivity contribution is 0.0783. The molecule has 1 aliphatic rings. The number of hydrogen-bond donors (Lipinski definition) is 1. The van der Waals surface area contributed by atoms with Crippen molar-refractivity contribution >= 4 is 5.91 Å². The smallest absolute Gasteiger partial charge is 0.272 e. The summed E-state index contributed by atoms with van der Waals surface area (Å²) in [4.78, 5) is 18.0. The van der Waals surface area contributed by atoms with Crippen LogP contribution in [0, 0.1) is 17.8 Å². The SMILES string of the molecule is CN(CC1CC1)C(=O)c1ccc(C#CCCO)cn1. The van der Waals surface area contributed by atoms with Gasteiger partial charge in [0.05, 0.1) is 6.61 Å². The van der Waals surface area contributed by atoms with Crippen molar-refractivity contribution in [3.63, 3.8) is 0 Å². The summed E-state index contributed by atoms with van der Waals surface area (Å²) in [6.45, 7) is 0.877. The predicted molar refractivity (Wildman–Crippen MR) is 72.5 cm³/mol. The zero-order valence-electron chi connectivity index (χ0n) is 11.1. The van der Waals surface area contributed by atoms with E-state index in [2.05, 4.69) is 16.8 Å². The molecule has 0 bridgehead atoms. The van der Waals surface area contributed by atoms with Gasteiger partial charge in [0.1, 0.15) is 5.69 Å². The Bertz CT molecular complexity index is 495. The first-order chi connectivity index (χ1) is 9.20. The number of pyridine rings is 1. The second-order valence-electron chi connectivity index (χ2n) is 4.84. The van der Waals surface area contributed by atoms with E-state index in [0.717, 1.165) is 12.1 Å². The lowest BCUT2D eigenvalue weighted by Crippen LogP contribution is -2.29. The van der Waals surface area contributed by atoms with Gasteiger partial charge in [-0.2, -0.15) is 0 Å². The number of carbonyl (C=O) groups excluding carboxylic acids is 1. The molecule has 0 unspecified atom stereocenters. The average molecular weight is 258 g/mol. The third kappa shape index (κ3) is 4.08. The van der Waals surface area contributed by atoms with Gasteiger partial charge in [0, 0.05) is 31.8 Å². The number of aliphatic hydroxyl groups is 1. The van der Waals surface area contributed by atoms with Crippen LogP contribution in [0.25, 0.3) is 0 Å². The normalized spacial score (nSPS) is 13.6. The maximum Gasteiger partial charge on any atom is 0.272 e. The topological polar surface area (TPSA) is 53.4 Å². The molecule has 1 heterocycles. The molecule has 0 aliphatic heterocycles. The lowest BCUT2D eigenvalue weighted by Gasteiger charge is -2.15. The fraction of sp³-hybridized carbons (Fsp3) is 0.467. The van der Waals surface area contributed by atoms with Gasteiger partial charge in [-0.05, 0) is 30.9 Å². The molecule has 19 heavy (non-hydrogen) atoms. The zero-order chi connectivity index (χ0) is 13.7. The number of carbonyl (C=O) groups is 1. The van der Waals surface area contributed by atoms with E-state index in [9.17, 15) is 4.79 Å². The van der Waals surface area contributed by atoms with Crippen molar-refractivity contribution in [2.24, 2.45) is 5.92 Å². The van der Waals surface area contributed by atoms with E-state index in [1.54, 1.807) is 23.2 Å². The monoisotopic (exact) mass is 258 g/mol. The largest absolute Gasteiger partial charge is 0.395 e. The first kappa shape index (κ1) is 13.6. The Morgan fingerprint density at radius 2 is 2.32 bits per heavy atom. The highest BCUT2D eigenvalue weighted by atomic mass is 16.2. The van der Waals surface area contributed by atoms with Crippen LogP contribution in [0.15, 0.2) is 18.3 Å². The maximum atomic E-state index is 12.1. The van der Waals surface area contributed by atoms with Crippen LogP contribution >= 0.6 is 0 Å². The average Bonchev–Trinajstić information content (AvgIpc) is 3.23. The van der Waals surface area contributed by atoms with E-state index < -0.39 is 0 Å². The fourth-order valence-corrected chi connectivity index (χ4v) is 1.78. The zero-order valence-corrected chi connectivity index (χ0v) is 11.1. The van der Waals surface area contributed by atoms with Crippen molar-refractivity contribution in [3.8, 4) is 11.8 Å². The van der Waals surface area contributed by atoms with Crippen LogP contribution in [0.5, 0.6) is 0 Å². The molecule has 4 nitrogen and oxygen atoms in total. The van der Waals surface area contributed by atoms with Crippen molar-refractivity contribution in [1.29, 1.82) is 0 Å². The Morgan fingerprint density at radius 1 is 1.53 bits per heavy atom. The number of rotatable bonds is 4. The van der Waals surface area contributed by atoms with Crippen LogP contribution in [0.2, 0.25) is 0 Å². The number of aliphatic hydroxyl groups excluding tert-OH is 1. The molecule has 0 radical (unpaired) electrons. The van der Waals surface area contributed by atoms with Gasteiger partial charge < -0.3 is 10.0 Å². The van der Waals surface area contributed by atoms with Crippen LogP contribution in [0.4, 0.5) is 0 Å². The van der Waals surface area contributed by atoms with Crippen LogP contribution in [-0.4, -0.2) is 41.1 Å². The van der Waals surface area contributed by atoms with Crippen LogP contribution in [0.1, 0.15) is 35.3 Å². The summed E-state index contributed by atoms with van der Waals surface area (Å²) in [5.41, 5.74) is 1.21. The second kappa shape index (κ2) is 6.35. The highest BCUT2D eigenvalue weighted by Gasteiger charge is 2.25. The van der Waals surface area contributed by atoms with Crippen molar-refractivity contribution in [2.75, 3.05) is 20.2 Å². The fourth-order valence-electron chi connectivity index (χ4n) is 1.78. The maximum absolute atomic E-state index is 12.1. The predicted octanol–water partition coefficient (Wildman–Crippen LogP) is 1.30. The molecule has 0 saturated heterocycles. The highest BCUT2D eigenvalue weighted by molar-refractivity contribution is 5.92. The van der Waals surface area contributed by atoms with Gasteiger partial charge >= 0.3 is 0 Å². The molecule has 1 aromatic rings. The molecule has 1 fully saturated rings. The summed E-state index contributed by atoms with van der Waals surface area (Å²) >= 11 is 0. The van der Waals surface area contributed by atoms with Gasteiger partial charge in [0.2, 0.25) is 0 Å². The lowest BCUT2D eigenvalue weighted by atomic mass is 10.2. The summed E-state index contributed by atoms with van der Waals surface area (Å²) in [6.07, 6.45) is 4.50. The first-order valence-electron chi connectivity index (χ1n) is 6.52. The number of hydrogen-bond acceptors (Lipinski definition) is 3. The molecule has 0 spiro atoms. The van der Waals surface area contributed by atoms with Crippen LogP contribution in [-0.2, 0) is 0 Å². The van der Waals surface area contributed by atoms with Crippen molar-refractivity contribution < 1.29 is 9.90 Å². The molecule has 2 rings (SSSR count). The summed E-state index contributed by atoms with van der Waals surface area (Å²) < 4.78 is 0. The van der Waals surface area contributed by atoms with Gasteiger partial charge in [-0.3, -0.25) is 4.79 Å². The quantitative estimate of drug-likeness (QED) is 0.828. The van der Waals surface area contributed by atoms with E-state index in [0.29, 0.717) is 18.0 Å². The summed E-state index contributed by atoms with van der Waals surface area (Å²) in [5, 5.41) is 8.63. The molecule has 4 heteroatoms. The minimum atomic E-state index is -0.0400. The summed E-state index contributed by atoms with van der Waals surface area (Å²) in [5.74, 6) is 6.35. The van der Waals surface area contributed by atoms with Gasteiger partial charge in [0.25, 0.3) is 5.91 Å². The molecule has 1 aliphatic carbocycles. The minimum absolute atomic E-state index is 0.0400. The molecule has 0 atom stereocenters. The third-order valence-electron chi connectivity index (χ3n) is 3.03. The van der Waals surface area contributed by atoms with E-state index in [1.165, 1.54) is 12.8 Å². The molecular formula is C15H18N2O2. The Labute approximate surface area is 113 Å². The van der Waals surface area contributed by atoms with Crippen molar-refractivity contribution in [1.82, 2.24) is 9.88 Å². The molecule has 1 saturated carbocycles. The van der Waals surface area contributed by atoms with E-state index in [1.807, 2.05) is 7.05 Å². The van der Waals surface area contributed by atoms with Crippen LogP contribution < -0.4 is 0 Å². The highest BCUT2D eigenvalue weighted by Crippen LogP contribution is 2.29. The molecule has 1 aromatic heterocycles. The van der Waals surface area contributed by atoms with E-state index in [-0.39, 0.29) is 12.5 Å².